The molecule has 0 aliphatic carbocycles. The molecule has 5 aromatic rings. The van der Waals surface area contributed by atoms with Gasteiger partial charge in [0, 0.05) is 31.5 Å². The standard InChI is InChI=1S/C23H22ClN9O2/c1-23(2,34)11-32(3)22-25-10-17-20(31-22)21(28-12-26-17)30-14-4-5-18(16(24)8-14)35-15-6-7-33-19(9-15)27-13-29-33/h4-10,12-13,34H,11H2,1-3H3,(H,26,28,30). The molecule has 0 spiro atoms. The number of likely N-dealkylation sites (N-methyl/N-ethyl adjacent to an activating group) is 1. The Hall–Kier alpha value is -4.09. The van der Waals surface area contributed by atoms with Crippen LogP contribution in [0.15, 0.2) is 55.4 Å². The molecule has 12 heteroatoms. The summed E-state index contributed by atoms with van der Waals surface area (Å²) in [6.45, 7) is 3.81. The topological polar surface area (TPSA) is 126 Å². The van der Waals surface area contributed by atoms with Crippen LogP contribution in [0.4, 0.5) is 17.5 Å². The van der Waals surface area contributed by atoms with E-state index in [-0.39, 0.29) is 0 Å². The molecule has 0 bridgehead atoms. The largest absolute Gasteiger partial charge is 0.456 e. The molecule has 0 saturated heterocycles. The van der Waals surface area contributed by atoms with Crippen LogP contribution in [0.25, 0.3) is 16.7 Å². The molecule has 0 amide bonds. The summed E-state index contributed by atoms with van der Waals surface area (Å²) in [4.78, 5) is 23.5. The number of halogens is 1. The molecule has 0 unspecified atom stereocenters. The molecule has 2 N–H and O–H groups in total. The van der Waals surface area contributed by atoms with Crippen molar-refractivity contribution in [1.29, 1.82) is 0 Å². The highest BCUT2D eigenvalue weighted by Crippen LogP contribution is 2.33. The summed E-state index contributed by atoms with van der Waals surface area (Å²) in [7, 11) is 1.81. The second-order valence-corrected chi connectivity index (χ2v) is 9.00. The zero-order chi connectivity index (χ0) is 24.6. The summed E-state index contributed by atoms with van der Waals surface area (Å²) in [5, 5.41) is 17.9. The Kier molecular flexibility index (Phi) is 5.79. The number of nitrogens with zero attached hydrogens (tertiary/aromatic N) is 8. The van der Waals surface area contributed by atoms with Crippen LogP contribution >= 0.6 is 11.6 Å². The smallest absolute Gasteiger partial charge is 0.225 e. The first-order valence-electron chi connectivity index (χ1n) is 10.7. The van der Waals surface area contributed by atoms with E-state index in [0.717, 1.165) is 0 Å². The fourth-order valence-corrected chi connectivity index (χ4v) is 3.78. The van der Waals surface area contributed by atoms with Gasteiger partial charge in [0.25, 0.3) is 0 Å². The Morgan fingerprint density at radius 1 is 1.11 bits per heavy atom. The minimum atomic E-state index is -0.900. The van der Waals surface area contributed by atoms with Gasteiger partial charge in [0.1, 0.15) is 35.2 Å². The van der Waals surface area contributed by atoms with Crippen molar-refractivity contribution in [3.63, 3.8) is 0 Å². The average Bonchev–Trinajstić information content (AvgIpc) is 3.28. The van der Waals surface area contributed by atoms with Gasteiger partial charge in [0.15, 0.2) is 11.5 Å². The second-order valence-electron chi connectivity index (χ2n) is 8.59. The highest BCUT2D eigenvalue weighted by molar-refractivity contribution is 6.32. The van der Waals surface area contributed by atoms with Crippen LogP contribution in [0.5, 0.6) is 11.5 Å². The van der Waals surface area contributed by atoms with Gasteiger partial charge in [-0.1, -0.05) is 11.6 Å². The number of nitrogens with one attached hydrogen (secondary N) is 1. The predicted molar refractivity (Wildman–Crippen MR) is 132 cm³/mol. The molecule has 4 aromatic heterocycles. The lowest BCUT2D eigenvalue weighted by Gasteiger charge is -2.25. The SMILES string of the molecule is CN(CC(C)(C)O)c1ncc2ncnc(Nc3ccc(Oc4ccn5ncnc5c4)c(Cl)c3)c2n1. The van der Waals surface area contributed by atoms with E-state index in [1.165, 1.54) is 12.7 Å². The van der Waals surface area contributed by atoms with Crippen LogP contribution in [0, 0.1) is 0 Å². The van der Waals surface area contributed by atoms with E-state index in [4.69, 9.17) is 16.3 Å². The lowest BCUT2D eigenvalue weighted by Crippen LogP contribution is -2.37. The number of pyridine rings is 1. The van der Waals surface area contributed by atoms with Gasteiger partial charge < -0.3 is 20.1 Å². The Morgan fingerprint density at radius 3 is 2.77 bits per heavy atom. The van der Waals surface area contributed by atoms with Gasteiger partial charge in [-0.25, -0.2) is 29.4 Å². The summed E-state index contributed by atoms with van der Waals surface area (Å²) in [6.07, 6.45) is 6.30. The number of hydrogen-bond donors (Lipinski definition) is 2. The monoisotopic (exact) mass is 491 g/mol. The van der Waals surface area contributed by atoms with Crippen molar-refractivity contribution in [2.24, 2.45) is 0 Å². The molecule has 0 atom stereocenters. The molecule has 0 radical (unpaired) electrons. The van der Waals surface area contributed by atoms with E-state index >= 15 is 0 Å². The highest BCUT2D eigenvalue weighted by atomic mass is 35.5. The van der Waals surface area contributed by atoms with Gasteiger partial charge in [0.2, 0.25) is 5.95 Å². The molecule has 0 aliphatic heterocycles. The van der Waals surface area contributed by atoms with Crippen LogP contribution in [0.1, 0.15) is 13.8 Å². The first kappa shape index (κ1) is 22.7. The number of ether oxygens (including phenoxy) is 1. The summed E-state index contributed by atoms with van der Waals surface area (Å²) in [5.74, 6) is 2.03. The van der Waals surface area contributed by atoms with Crippen molar-refractivity contribution in [3.05, 3.63) is 60.4 Å². The van der Waals surface area contributed by atoms with Crippen LogP contribution < -0.4 is 15.0 Å². The first-order valence-corrected chi connectivity index (χ1v) is 11.1. The van der Waals surface area contributed by atoms with E-state index in [0.29, 0.717) is 57.2 Å². The Labute approximate surface area is 205 Å². The highest BCUT2D eigenvalue weighted by Gasteiger charge is 2.18. The quantitative estimate of drug-likeness (QED) is 0.346. The number of benzene rings is 1. The molecule has 0 aliphatic rings. The third-order valence-electron chi connectivity index (χ3n) is 5.00. The van der Waals surface area contributed by atoms with Gasteiger partial charge in [-0.2, -0.15) is 5.10 Å². The summed E-state index contributed by atoms with van der Waals surface area (Å²) < 4.78 is 7.57. The average molecular weight is 492 g/mol. The van der Waals surface area contributed by atoms with Crippen LogP contribution in [-0.2, 0) is 0 Å². The molecule has 4 heterocycles. The molecule has 1 aromatic carbocycles. The number of aliphatic hydroxyl groups is 1. The fourth-order valence-electron chi connectivity index (χ4n) is 3.56. The molecule has 0 saturated carbocycles. The minimum absolute atomic E-state index is 0.357. The van der Waals surface area contributed by atoms with Gasteiger partial charge in [-0.15, -0.1) is 0 Å². The summed E-state index contributed by atoms with van der Waals surface area (Å²) in [5.41, 5.74) is 1.58. The zero-order valence-corrected chi connectivity index (χ0v) is 20.0. The Balaban J connectivity index is 1.39. The van der Waals surface area contributed by atoms with Crippen LogP contribution in [0.3, 0.4) is 0 Å². The van der Waals surface area contributed by atoms with Crippen molar-refractivity contribution in [2.45, 2.75) is 19.4 Å². The van der Waals surface area contributed by atoms with Crippen molar-refractivity contribution in [1.82, 2.24) is 34.5 Å². The van der Waals surface area contributed by atoms with E-state index < -0.39 is 5.60 Å². The molecular weight excluding hydrogens is 470 g/mol. The fraction of sp³-hybridized carbons (Fsp3) is 0.217. The third kappa shape index (κ3) is 5.05. The first-order chi connectivity index (χ1) is 16.7. The normalized spacial score (nSPS) is 11.7. The van der Waals surface area contributed by atoms with Crippen molar-refractivity contribution in [3.8, 4) is 11.5 Å². The Bertz CT molecular complexity index is 1520. The number of aromatic nitrogens is 7. The maximum Gasteiger partial charge on any atom is 0.225 e. The van der Waals surface area contributed by atoms with E-state index in [9.17, 15) is 5.11 Å². The Morgan fingerprint density at radius 2 is 1.97 bits per heavy atom. The molecular formula is C23H22ClN9O2. The number of anilines is 3. The molecule has 178 valence electrons. The third-order valence-corrected chi connectivity index (χ3v) is 5.30. The number of hydrogen-bond acceptors (Lipinski definition) is 10. The van der Waals surface area contributed by atoms with Gasteiger partial charge in [-0.05, 0) is 38.1 Å². The van der Waals surface area contributed by atoms with Crippen LogP contribution in [0.2, 0.25) is 5.02 Å². The number of rotatable bonds is 7. The predicted octanol–water partition coefficient (Wildman–Crippen LogP) is 3.86. The second kappa shape index (κ2) is 8.93. The van der Waals surface area contributed by atoms with E-state index in [1.807, 2.05) is 13.1 Å². The van der Waals surface area contributed by atoms with Gasteiger partial charge in [0.05, 0.1) is 16.8 Å². The molecule has 5 rings (SSSR count). The maximum atomic E-state index is 10.1. The maximum absolute atomic E-state index is 10.1. The lowest BCUT2D eigenvalue weighted by molar-refractivity contribution is 0.0883. The van der Waals surface area contributed by atoms with Gasteiger partial charge in [-0.3, -0.25) is 0 Å². The van der Waals surface area contributed by atoms with Crippen molar-refractivity contribution < 1.29 is 9.84 Å². The molecule has 11 nitrogen and oxygen atoms in total. The summed E-state index contributed by atoms with van der Waals surface area (Å²) in [6, 6.07) is 8.88. The molecule has 35 heavy (non-hydrogen) atoms. The van der Waals surface area contributed by atoms with Crippen molar-refractivity contribution in [2.75, 3.05) is 23.8 Å². The lowest BCUT2D eigenvalue weighted by atomic mass is 10.1. The number of fused-ring (bicyclic) bond motifs is 2. The van der Waals surface area contributed by atoms with Crippen molar-refractivity contribution >= 4 is 45.7 Å². The van der Waals surface area contributed by atoms with Crippen LogP contribution in [-0.4, -0.2) is 58.8 Å². The van der Waals surface area contributed by atoms with E-state index in [2.05, 4.69) is 35.3 Å². The van der Waals surface area contributed by atoms with E-state index in [1.54, 1.807) is 59.9 Å². The van der Waals surface area contributed by atoms with Gasteiger partial charge >= 0.3 is 0 Å². The minimum Gasteiger partial charge on any atom is -0.456 e. The zero-order valence-electron chi connectivity index (χ0n) is 19.2. The molecule has 0 fully saturated rings. The summed E-state index contributed by atoms with van der Waals surface area (Å²) >= 11 is 6.50.